The number of likely N-dealkylation sites (N-methyl/N-ethyl adjacent to an activating group) is 1. The quantitative estimate of drug-likeness (QED) is 0.554. The molecule has 7 nitrogen and oxygen atoms in total. The second-order valence-corrected chi connectivity index (χ2v) is 10.9. The Labute approximate surface area is 199 Å². The van der Waals surface area contributed by atoms with Gasteiger partial charge in [-0.15, -0.1) is 11.3 Å². The zero-order valence-corrected chi connectivity index (χ0v) is 20.5. The fourth-order valence-electron chi connectivity index (χ4n) is 3.81. The summed E-state index contributed by atoms with van der Waals surface area (Å²) in [5, 5.41) is 5.61. The zero-order chi connectivity index (χ0) is 23.4. The number of thiazole rings is 1. The van der Waals surface area contributed by atoms with Crippen LogP contribution in [0.25, 0.3) is 10.6 Å². The first-order valence-corrected chi connectivity index (χ1v) is 13.3. The second kappa shape index (κ2) is 10.1. The summed E-state index contributed by atoms with van der Waals surface area (Å²) in [6.45, 7) is 7.51. The van der Waals surface area contributed by atoms with E-state index in [4.69, 9.17) is 0 Å². The van der Waals surface area contributed by atoms with Crippen LogP contribution in [0.4, 0.5) is 5.69 Å². The minimum absolute atomic E-state index is 0.157. The first-order valence-electron chi connectivity index (χ1n) is 11.0. The van der Waals surface area contributed by atoms with Crippen LogP contribution in [0.1, 0.15) is 18.2 Å². The van der Waals surface area contributed by atoms with E-state index in [9.17, 15) is 13.2 Å². The van der Waals surface area contributed by atoms with Crippen molar-refractivity contribution in [1.29, 1.82) is 0 Å². The predicted octanol–water partition coefficient (Wildman–Crippen LogP) is 3.63. The lowest BCUT2D eigenvalue weighted by Gasteiger charge is -2.33. The standard InChI is InChI=1S/C24H28N4O3S2/c1-3-27-11-13-28(14-12-27)33(30,31)22-9-7-20(8-10-22)25-23(29)16-21-17-32-24(26-21)19-6-4-5-18(2)15-19/h4-10,15,17H,3,11-14,16H2,1-2H3,(H,25,29). The largest absolute Gasteiger partial charge is 0.326 e. The molecule has 4 rings (SSSR count). The molecule has 1 aliphatic heterocycles. The van der Waals surface area contributed by atoms with Crippen molar-refractivity contribution in [1.82, 2.24) is 14.2 Å². The number of carbonyl (C=O) groups excluding carboxylic acids is 1. The second-order valence-electron chi connectivity index (χ2n) is 8.10. The van der Waals surface area contributed by atoms with E-state index in [1.807, 2.05) is 30.5 Å². The molecule has 0 bridgehead atoms. The van der Waals surface area contributed by atoms with Crippen LogP contribution in [0.15, 0.2) is 58.8 Å². The van der Waals surface area contributed by atoms with E-state index < -0.39 is 10.0 Å². The highest BCUT2D eigenvalue weighted by atomic mass is 32.2. The third kappa shape index (κ3) is 5.67. The van der Waals surface area contributed by atoms with Gasteiger partial charge in [-0.25, -0.2) is 13.4 Å². The molecule has 2 aromatic carbocycles. The number of aryl methyl sites for hydroxylation is 1. The number of rotatable bonds is 7. The molecule has 1 aromatic heterocycles. The van der Waals surface area contributed by atoms with Gasteiger partial charge in [0.25, 0.3) is 0 Å². The summed E-state index contributed by atoms with van der Waals surface area (Å²) in [6, 6.07) is 14.5. The maximum atomic E-state index is 12.9. The Morgan fingerprint density at radius 1 is 1.09 bits per heavy atom. The van der Waals surface area contributed by atoms with E-state index in [1.54, 1.807) is 24.3 Å². The van der Waals surface area contributed by atoms with Crippen molar-refractivity contribution in [2.45, 2.75) is 25.2 Å². The third-order valence-corrected chi connectivity index (χ3v) is 8.57. The van der Waals surface area contributed by atoms with Crippen LogP contribution in [0.2, 0.25) is 0 Å². The lowest BCUT2D eigenvalue weighted by molar-refractivity contribution is -0.115. The van der Waals surface area contributed by atoms with Crippen molar-refractivity contribution in [2.24, 2.45) is 0 Å². The number of nitrogens with one attached hydrogen (secondary N) is 1. The summed E-state index contributed by atoms with van der Waals surface area (Å²) in [6.07, 6.45) is 0.157. The van der Waals surface area contributed by atoms with Crippen LogP contribution in [-0.4, -0.2) is 61.2 Å². The van der Waals surface area contributed by atoms with Gasteiger partial charge < -0.3 is 10.2 Å². The van der Waals surface area contributed by atoms with E-state index in [2.05, 4.69) is 28.2 Å². The fraction of sp³-hybridized carbons (Fsp3) is 0.333. The molecule has 0 atom stereocenters. The number of hydrogen-bond acceptors (Lipinski definition) is 6. The highest BCUT2D eigenvalue weighted by Gasteiger charge is 2.27. The first-order chi connectivity index (χ1) is 15.8. The molecule has 1 saturated heterocycles. The highest BCUT2D eigenvalue weighted by molar-refractivity contribution is 7.89. The number of anilines is 1. The monoisotopic (exact) mass is 484 g/mol. The minimum Gasteiger partial charge on any atom is -0.326 e. The number of amides is 1. The highest BCUT2D eigenvalue weighted by Crippen LogP contribution is 2.25. The first kappa shape index (κ1) is 23.6. The van der Waals surface area contributed by atoms with Gasteiger partial charge in [-0.1, -0.05) is 30.7 Å². The van der Waals surface area contributed by atoms with E-state index in [-0.39, 0.29) is 17.2 Å². The Bertz CT molecular complexity index is 1210. The van der Waals surface area contributed by atoms with Crippen LogP contribution in [0.3, 0.4) is 0 Å². The summed E-state index contributed by atoms with van der Waals surface area (Å²) in [7, 11) is -3.53. The number of benzene rings is 2. The van der Waals surface area contributed by atoms with Crippen molar-refractivity contribution in [3.8, 4) is 10.6 Å². The van der Waals surface area contributed by atoms with Crippen molar-refractivity contribution in [3.63, 3.8) is 0 Å². The summed E-state index contributed by atoms with van der Waals surface area (Å²) in [5.41, 5.74) is 3.47. The number of aromatic nitrogens is 1. The average molecular weight is 485 g/mol. The van der Waals surface area contributed by atoms with Crippen molar-refractivity contribution >= 4 is 33.0 Å². The van der Waals surface area contributed by atoms with Crippen LogP contribution < -0.4 is 5.32 Å². The maximum Gasteiger partial charge on any atom is 0.243 e. The molecular weight excluding hydrogens is 456 g/mol. The molecule has 1 aliphatic rings. The molecule has 0 unspecified atom stereocenters. The number of carbonyl (C=O) groups is 1. The lowest BCUT2D eigenvalue weighted by atomic mass is 10.1. The SMILES string of the molecule is CCN1CCN(S(=O)(=O)c2ccc(NC(=O)Cc3csc(-c4cccc(C)c4)n3)cc2)CC1. The molecule has 1 N–H and O–H groups in total. The van der Waals surface area contributed by atoms with Crippen molar-refractivity contribution < 1.29 is 13.2 Å². The molecule has 33 heavy (non-hydrogen) atoms. The summed E-state index contributed by atoms with van der Waals surface area (Å²) in [4.78, 5) is 19.6. The molecule has 0 saturated carbocycles. The van der Waals surface area contributed by atoms with E-state index >= 15 is 0 Å². The Balaban J connectivity index is 1.36. The van der Waals surface area contributed by atoms with Gasteiger partial charge in [-0.05, 0) is 43.8 Å². The summed E-state index contributed by atoms with van der Waals surface area (Å²) in [5.74, 6) is -0.192. The Kier molecular flexibility index (Phi) is 7.23. The lowest BCUT2D eigenvalue weighted by Crippen LogP contribution is -2.48. The Hall–Kier alpha value is -2.59. The van der Waals surface area contributed by atoms with Gasteiger partial charge in [-0.3, -0.25) is 4.79 Å². The fourth-order valence-corrected chi connectivity index (χ4v) is 6.05. The van der Waals surface area contributed by atoms with Gasteiger partial charge in [0.15, 0.2) is 0 Å². The number of nitrogens with zero attached hydrogens (tertiary/aromatic N) is 3. The Morgan fingerprint density at radius 2 is 1.82 bits per heavy atom. The topological polar surface area (TPSA) is 82.6 Å². The molecule has 0 radical (unpaired) electrons. The van der Waals surface area contributed by atoms with Crippen molar-refractivity contribution in [3.05, 3.63) is 65.2 Å². The number of hydrogen-bond donors (Lipinski definition) is 1. The molecular formula is C24H28N4O3S2. The van der Waals surface area contributed by atoms with Gasteiger partial charge in [-0.2, -0.15) is 4.31 Å². The van der Waals surface area contributed by atoms with Gasteiger partial charge in [0.1, 0.15) is 5.01 Å². The molecule has 1 amide bonds. The maximum absolute atomic E-state index is 12.9. The molecule has 1 fully saturated rings. The predicted molar refractivity (Wildman–Crippen MR) is 132 cm³/mol. The molecule has 2 heterocycles. The smallest absolute Gasteiger partial charge is 0.243 e. The summed E-state index contributed by atoms with van der Waals surface area (Å²) >= 11 is 1.51. The third-order valence-electron chi connectivity index (χ3n) is 5.71. The Morgan fingerprint density at radius 3 is 2.48 bits per heavy atom. The van der Waals surface area contributed by atoms with Gasteiger partial charge in [0, 0.05) is 42.8 Å². The molecule has 0 spiro atoms. The normalized spacial score (nSPS) is 15.5. The van der Waals surface area contributed by atoms with Crippen molar-refractivity contribution in [2.75, 3.05) is 38.0 Å². The van der Waals surface area contributed by atoms with E-state index in [1.165, 1.54) is 15.6 Å². The van der Waals surface area contributed by atoms with Crippen LogP contribution in [-0.2, 0) is 21.2 Å². The van der Waals surface area contributed by atoms with E-state index in [0.29, 0.717) is 24.5 Å². The van der Waals surface area contributed by atoms with Crippen LogP contribution >= 0.6 is 11.3 Å². The minimum atomic E-state index is -3.53. The van der Waals surface area contributed by atoms with Gasteiger partial charge >= 0.3 is 0 Å². The van der Waals surface area contributed by atoms with Crippen LogP contribution in [0.5, 0.6) is 0 Å². The van der Waals surface area contributed by atoms with Crippen LogP contribution in [0, 0.1) is 6.92 Å². The average Bonchev–Trinajstić information content (AvgIpc) is 3.28. The number of sulfonamides is 1. The molecule has 9 heteroatoms. The molecule has 0 aliphatic carbocycles. The molecule has 3 aromatic rings. The summed E-state index contributed by atoms with van der Waals surface area (Å²) < 4.78 is 27.3. The zero-order valence-electron chi connectivity index (χ0n) is 18.8. The molecule has 174 valence electrons. The number of piperazine rings is 1. The van der Waals surface area contributed by atoms with Gasteiger partial charge in [0.2, 0.25) is 15.9 Å². The van der Waals surface area contributed by atoms with E-state index in [0.717, 1.165) is 35.8 Å². The van der Waals surface area contributed by atoms with Gasteiger partial charge in [0.05, 0.1) is 17.0 Å².